The average molecular weight is 371 g/mol. The minimum absolute atomic E-state index is 0.176. The number of hydrogen-bond donors (Lipinski definition) is 2. The number of benzene rings is 2. The van der Waals surface area contributed by atoms with E-state index in [1.54, 1.807) is 0 Å². The predicted molar refractivity (Wildman–Crippen MR) is 113 cm³/mol. The number of fused-ring (bicyclic) bond motifs is 2. The molecule has 0 saturated heterocycles. The molecular weight excluding hydrogens is 344 g/mol. The van der Waals surface area contributed by atoms with Crippen molar-refractivity contribution in [2.75, 3.05) is 22.1 Å². The van der Waals surface area contributed by atoms with E-state index >= 15 is 0 Å². The second-order valence-corrected chi connectivity index (χ2v) is 10.5. The summed E-state index contributed by atoms with van der Waals surface area (Å²) in [4.78, 5) is 2.76. The largest absolute Gasteiger partial charge is 0.378 e. The van der Waals surface area contributed by atoms with Gasteiger partial charge < -0.3 is 10.6 Å². The molecule has 2 heterocycles. The minimum atomic E-state index is 0.176. The van der Waals surface area contributed by atoms with Crippen LogP contribution in [0.3, 0.4) is 0 Å². The van der Waals surface area contributed by atoms with E-state index in [1.165, 1.54) is 32.3 Å². The molecule has 0 fully saturated rings. The van der Waals surface area contributed by atoms with Crippen molar-refractivity contribution in [3.63, 3.8) is 0 Å². The summed E-state index contributed by atoms with van der Waals surface area (Å²) in [6, 6.07) is 13.7. The van der Waals surface area contributed by atoms with Crippen LogP contribution in [0.5, 0.6) is 0 Å². The van der Waals surface area contributed by atoms with Crippen molar-refractivity contribution < 1.29 is 0 Å². The Morgan fingerprint density at radius 3 is 1.64 bits per heavy atom. The number of thioether (sulfide) groups is 2. The lowest BCUT2D eigenvalue weighted by molar-refractivity contribution is 0.637. The van der Waals surface area contributed by atoms with E-state index in [-0.39, 0.29) is 11.1 Å². The summed E-state index contributed by atoms with van der Waals surface area (Å²) in [6.45, 7) is 9.04. The van der Waals surface area contributed by atoms with Crippen LogP contribution in [0.2, 0.25) is 0 Å². The van der Waals surface area contributed by atoms with Crippen molar-refractivity contribution in [3.05, 3.63) is 47.5 Å². The van der Waals surface area contributed by atoms with Crippen molar-refractivity contribution in [1.29, 1.82) is 0 Å². The number of nitrogens with one attached hydrogen (secondary N) is 2. The lowest BCUT2D eigenvalue weighted by atomic mass is 10.0. The molecule has 2 aliphatic rings. The Morgan fingerprint density at radius 2 is 1.20 bits per heavy atom. The van der Waals surface area contributed by atoms with E-state index in [2.05, 4.69) is 74.7 Å². The summed E-state index contributed by atoms with van der Waals surface area (Å²) in [5.41, 5.74) is 5.68. The average Bonchev–Trinajstić information content (AvgIpc) is 2.54. The second-order valence-electron chi connectivity index (χ2n) is 8.43. The standard InChI is InChI=1S/C21H26N2S2/c1-20(2)12-24-18-10-14(5-7-16(18)22-20)9-15-6-8-17-19(11-15)25-13-21(3,4)23-17/h5-8,10-11,22-23H,9,12-13H2,1-4H3. The quantitative estimate of drug-likeness (QED) is 0.690. The fourth-order valence-corrected chi connectivity index (χ4v) is 5.55. The maximum atomic E-state index is 3.64. The van der Waals surface area contributed by atoms with Crippen LogP contribution in [0.15, 0.2) is 46.2 Å². The first kappa shape index (κ1) is 17.2. The fraction of sp³-hybridized carbons (Fsp3) is 0.429. The van der Waals surface area contributed by atoms with Gasteiger partial charge in [-0.1, -0.05) is 12.1 Å². The maximum Gasteiger partial charge on any atom is 0.0482 e. The summed E-state index contributed by atoms with van der Waals surface area (Å²) in [5.74, 6) is 2.22. The monoisotopic (exact) mass is 370 g/mol. The van der Waals surface area contributed by atoms with E-state index in [0.29, 0.717) is 0 Å². The second kappa shape index (κ2) is 6.17. The van der Waals surface area contributed by atoms with Crippen molar-refractivity contribution >= 4 is 34.9 Å². The maximum absolute atomic E-state index is 3.64. The molecule has 4 heteroatoms. The van der Waals surface area contributed by atoms with Gasteiger partial charge in [0, 0.05) is 43.7 Å². The summed E-state index contributed by atoms with van der Waals surface area (Å²) in [7, 11) is 0. The molecule has 0 atom stereocenters. The van der Waals surface area contributed by atoms with E-state index < -0.39 is 0 Å². The van der Waals surface area contributed by atoms with Gasteiger partial charge in [-0.05, 0) is 69.5 Å². The molecule has 2 nitrogen and oxygen atoms in total. The topological polar surface area (TPSA) is 24.1 Å². The van der Waals surface area contributed by atoms with Crippen LogP contribution < -0.4 is 10.6 Å². The molecule has 25 heavy (non-hydrogen) atoms. The lowest BCUT2D eigenvalue weighted by Crippen LogP contribution is -2.36. The van der Waals surface area contributed by atoms with Gasteiger partial charge in [-0.2, -0.15) is 0 Å². The molecule has 0 saturated carbocycles. The molecular formula is C21H26N2S2. The SMILES string of the molecule is CC1(C)CSc2cc(Cc3ccc4c(c3)SCC(C)(C)N4)ccc2N1. The van der Waals surface area contributed by atoms with Crippen molar-refractivity contribution in [2.45, 2.75) is 55.0 Å². The molecule has 2 N–H and O–H groups in total. The molecule has 4 rings (SSSR count). The normalized spacial score (nSPS) is 20.0. The first-order chi connectivity index (χ1) is 11.8. The Labute approximate surface area is 159 Å². The molecule has 2 aromatic carbocycles. The molecule has 0 radical (unpaired) electrons. The first-order valence-electron chi connectivity index (χ1n) is 8.88. The third-order valence-electron chi connectivity index (χ3n) is 4.62. The minimum Gasteiger partial charge on any atom is -0.378 e. The highest BCUT2D eigenvalue weighted by Crippen LogP contribution is 2.39. The zero-order valence-electron chi connectivity index (χ0n) is 15.4. The Hall–Kier alpha value is -1.26. The third kappa shape index (κ3) is 3.80. The van der Waals surface area contributed by atoms with Gasteiger partial charge in [0.05, 0.1) is 0 Å². The fourth-order valence-electron chi connectivity index (χ4n) is 3.35. The highest BCUT2D eigenvalue weighted by atomic mass is 32.2. The Bertz CT molecular complexity index is 744. The lowest BCUT2D eigenvalue weighted by Gasteiger charge is -2.33. The van der Waals surface area contributed by atoms with E-state index in [1.807, 2.05) is 23.5 Å². The summed E-state index contributed by atoms with van der Waals surface area (Å²) in [5, 5.41) is 7.29. The number of hydrogen-bond acceptors (Lipinski definition) is 4. The Kier molecular flexibility index (Phi) is 4.24. The van der Waals surface area contributed by atoms with Crippen LogP contribution in [0, 0.1) is 0 Å². The van der Waals surface area contributed by atoms with Gasteiger partial charge in [-0.15, -0.1) is 23.5 Å². The van der Waals surface area contributed by atoms with E-state index in [4.69, 9.17) is 0 Å². The molecule has 0 aromatic heterocycles. The molecule has 0 unspecified atom stereocenters. The zero-order valence-corrected chi connectivity index (χ0v) is 17.0. The van der Waals surface area contributed by atoms with Crippen molar-refractivity contribution in [2.24, 2.45) is 0 Å². The Morgan fingerprint density at radius 1 is 0.760 bits per heavy atom. The predicted octanol–water partition coefficient (Wildman–Crippen LogP) is 5.87. The Balaban J connectivity index is 1.54. The van der Waals surface area contributed by atoms with Crippen LogP contribution in [0.25, 0.3) is 0 Å². The third-order valence-corrected chi connectivity index (χ3v) is 7.65. The first-order valence-corrected chi connectivity index (χ1v) is 10.8. The summed E-state index contributed by atoms with van der Waals surface area (Å²) >= 11 is 3.93. The van der Waals surface area contributed by atoms with Gasteiger partial charge in [0.25, 0.3) is 0 Å². The van der Waals surface area contributed by atoms with Crippen molar-refractivity contribution in [1.82, 2.24) is 0 Å². The van der Waals surface area contributed by atoms with Gasteiger partial charge >= 0.3 is 0 Å². The van der Waals surface area contributed by atoms with Crippen LogP contribution in [0.4, 0.5) is 11.4 Å². The van der Waals surface area contributed by atoms with Gasteiger partial charge in [0.1, 0.15) is 0 Å². The molecule has 132 valence electrons. The smallest absolute Gasteiger partial charge is 0.0482 e. The highest BCUT2D eigenvalue weighted by molar-refractivity contribution is 7.99. The van der Waals surface area contributed by atoms with Gasteiger partial charge in [0.2, 0.25) is 0 Å². The molecule has 2 aliphatic heterocycles. The van der Waals surface area contributed by atoms with E-state index in [0.717, 1.165) is 17.9 Å². The molecule has 0 amide bonds. The number of rotatable bonds is 2. The summed E-state index contributed by atoms with van der Waals surface area (Å²) < 4.78 is 0. The van der Waals surface area contributed by atoms with Crippen molar-refractivity contribution in [3.8, 4) is 0 Å². The number of anilines is 2. The van der Waals surface area contributed by atoms with Crippen LogP contribution in [0.1, 0.15) is 38.8 Å². The van der Waals surface area contributed by atoms with Crippen LogP contribution in [-0.4, -0.2) is 22.6 Å². The zero-order chi connectivity index (χ0) is 17.7. The van der Waals surface area contributed by atoms with Gasteiger partial charge in [-0.3, -0.25) is 0 Å². The molecule has 0 aliphatic carbocycles. The van der Waals surface area contributed by atoms with Gasteiger partial charge in [0.15, 0.2) is 0 Å². The molecule has 0 bridgehead atoms. The van der Waals surface area contributed by atoms with Gasteiger partial charge in [-0.25, -0.2) is 0 Å². The van der Waals surface area contributed by atoms with E-state index in [9.17, 15) is 0 Å². The van der Waals surface area contributed by atoms with Crippen LogP contribution in [-0.2, 0) is 6.42 Å². The molecule has 0 spiro atoms. The highest BCUT2D eigenvalue weighted by Gasteiger charge is 2.26. The van der Waals surface area contributed by atoms with Crippen LogP contribution >= 0.6 is 23.5 Å². The summed E-state index contributed by atoms with van der Waals surface area (Å²) in [6.07, 6.45) is 0.995. The molecule has 2 aromatic rings.